The molecule has 0 fully saturated rings. The van der Waals surface area contributed by atoms with E-state index in [2.05, 4.69) is 5.32 Å². The molecule has 1 amide bonds. The molecule has 4 aromatic rings. The molecule has 0 saturated heterocycles. The molecule has 0 atom stereocenters. The van der Waals surface area contributed by atoms with Crippen molar-refractivity contribution in [1.82, 2.24) is 0 Å². The van der Waals surface area contributed by atoms with Crippen LogP contribution in [0.2, 0.25) is 0 Å². The topological polar surface area (TPSA) is 68.5 Å². The van der Waals surface area contributed by atoms with Crippen LogP contribution in [0, 0.1) is 6.92 Å². The normalized spacial score (nSPS) is 10.7. The van der Waals surface area contributed by atoms with Crippen molar-refractivity contribution >= 4 is 22.6 Å². The van der Waals surface area contributed by atoms with Crippen molar-refractivity contribution in [3.63, 3.8) is 0 Å². The molecular weight excluding hydrogens is 366 g/mol. The Balaban J connectivity index is 1.46. The lowest BCUT2D eigenvalue weighted by molar-refractivity contribution is 0.102. The highest BCUT2D eigenvalue weighted by molar-refractivity contribution is 6.05. The highest BCUT2D eigenvalue weighted by Crippen LogP contribution is 2.19. The predicted octanol–water partition coefficient (Wildman–Crippen LogP) is 4.93. The third-order valence-electron chi connectivity index (χ3n) is 4.49. The zero-order valence-corrected chi connectivity index (χ0v) is 15.8. The number of ether oxygens (including phenoxy) is 1. The van der Waals surface area contributed by atoms with Crippen LogP contribution in [0.5, 0.6) is 5.75 Å². The van der Waals surface area contributed by atoms with E-state index in [4.69, 9.17) is 9.15 Å². The Hall–Kier alpha value is -3.86. The molecule has 1 aromatic heterocycles. The van der Waals surface area contributed by atoms with Gasteiger partial charge in [0.2, 0.25) is 0 Å². The number of benzene rings is 3. The number of carbonyl (C=O) groups excluding carboxylic acids is 1. The number of carbonyl (C=O) groups is 1. The summed E-state index contributed by atoms with van der Waals surface area (Å²) in [5.74, 6) is 0.174. The van der Waals surface area contributed by atoms with Gasteiger partial charge in [0.1, 0.15) is 23.5 Å². The third kappa shape index (κ3) is 4.35. The fourth-order valence-electron chi connectivity index (χ4n) is 2.97. The molecule has 0 aliphatic heterocycles. The number of hydrogen-bond donors (Lipinski definition) is 1. The summed E-state index contributed by atoms with van der Waals surface area (Å²) in [5.41, 5.74) is 2.41. The van der Waals surface area contributed by atoms with E-state index >= 15 is 0 Å². The number of hydrogen-bond acceptors (Lipinski definition) is 4. The van der Waals surface area contributed by atoms with Crippen molar-refractivity contribution < 1.29 is 13.9 Å². The van der Waals surface area contributed by atoms with Gasteiger partial charge in [-0.1, -0.05) is 42.0 Å². The standard InChI is InChI=1S/C24H19NO4/c1-16-7-12-22-18(13-16)14-21(24(27)29-22)23(26)25-19-8-10-20(11-9-19)28-15-17-5-3-2-4-6-17/h2-14H,15H2,1H3,(H,25,26). The summed E-state index contributed by atoms with van der Waals surface area (Å²) < 4.78 is 11.0. The number of aryl methyl sites for hydroxylation is 1. The molecule has 0 aliphatic carbocycles. The summed E-state index contributed by atoms with van der Waals surface area (Å²) in [6.45, 7) is 2.40. The Bertz CT molecular complexity index is 1210. The second-order valence-corrected chi connectivity index (χ2v) is 6.74. The largest absolute Gasteiger partial charge is 0.489 e. The van der Waals surface area contributed by atoms with Gasteiger partial charge < -0.3 is 14.5 Å². The summed E-state index contributed by atoms with van der Waals surface area (Å²) >= 11 is 0. The number of fused-ring (bicyclic) bond motifs is 1. The molecule has 1 N–H and O–H groups in total. The van der Waals surface area contributed by atoms with Gasteiger partial charge in [0.25, 0.3) is 5.91 Å². The first-order valence-electron chi connectivity index (χ1n) is 9.21. The first kappa shape index (κ1) is 18.5. The summed E-state index contributed by atoms with van der Waals surface area (Å²) in [7, 11) is 0. The minimum absolute atomic E-state index is 0.0347. The van der Waals surface area contributed by atoms with Crippen LogP contribution in [0.3, 0.4) is 0 Å². The predicted molar refractivity (Wildman–Crippen MR) is 112 cm³/mol. The van der Waals surface area contributed by atoms with Crippen LogP contribution in [0.4, 0.5) is 5.69 Å². The van der Waals surface area contributed by atoms with Crippen molar-refractivity contribution in [3.05, 3.63) is 106 Å². The quantitative estimate of drug-likeness (QED) is 0.495. The lowest BCUT2D eigenvalue weighted by Crippen LogP contribution is -2.20. The molecular formula is C24H19NO4. The van der Waals surface area contributed by atoms with Crippen molar-refractivity contribution in [1.29, 1.82) is 0 Å². The van der Waals surface area contributed by atoms with Crippen LogP contribution in [0.1, 0.15) is 21.5 Å². The van der Waals surface area contributed by atoms with E-state index < -0.39 is 11.5 Å². The third-order valence-corrected chi connectivity index (χ3v) is 4.49. The molecule has 0 aliphatic rings. The zero-order valence-electron chi connectivity index (χ0n) is 15.8. The Kier molecular flexibility index (Phi) is 5.12. The van der Waals surface area contributed by atoms with E-state index in [0.29, 0.717) is 29.0 Å². The maximum Gasteiger partial charge on any atom is 0.349 e. The summed E-state index contributed by atoms with van der Waals surface area (Å²) in [6.07, 6.45) is 0. The summed E-state index contributed by atoms with van der Waals surface area (Å²) in [4.78, 5) is 24.7. The first-order valence-corrected chi connectivity index (χ1v) is 9.21. The second-order valence-electron chi connectivity index (χ2n) is 6.74. The molecule has 0 unspecified atom stereocenters. The molecule has 5 nitrogen and oxygen atoms in total. The number of anilines is 1. The lowest BCUT2D eigenvalue weighted by Gasteiger charge is -2.08. The van der Waals surface area contributed by atoms with Crippen molar-refractivity contribution in [2.45, 2.75) is 13.5 Å². The fourth-order valence-corrected chi connectivity index (χ4v) is 2.97. The Labute approximate surface area is 167 Å². The average Bonchev–Trinajstić information content (AvgIpc) is 2.74. The lowest BCUT2D eigenvalue weighted by atomic mass is 10.1. The molecule has 29 heavy (non-hydrogen) atoms. The van der Waals surface area contributed by atoms with E-state index in [1.54, 1.807) is 36.4 Å². The van der Waals surface area contributed by atoms with E-state index in [0.717, 1.165) is 11.1 Å². The molecule has 1 heterocycles. The fraction of sp³-hybridized carbons (Fsp3) is 0.0833. The van der Waals surface area contributed by atoms with Crippen LogP contribution in [-0.2, 0) is 6.61 Å². The van der Waals surface area contributed by atoms with E-state index in [9.17, 15) is 9.59 Å². The molecule has 144 valence electrons. The van der Waals surface area contributed by atoms with Crippen LogP contribution in [0.25, 0.3) is 11.0 Å². The highest BCUT2D eigenvalue weighted by atomic mass is 16.5. The summed E-state index contributed by atoms with van der Waals surface area (Å²) in [5, 5.41) is 3.43. The van der Waals surface area contributed by atoms with Gasteiger partial charge in [0, 0.05) is 11.1 Å². The van der Waals surface area contributed by atoms with Crippen molar-refractivity contribution in [3.8, 4) is 5.75 Å². The smallest absolute Gasteiger partial charge is 0.349 e. The minimum Gasteiger partial charge on any atom is -0.489 e. The number of nitrogens with one attached hydrogen (secondary N) is 1. The van der Waals surface area contributed by atoms with Crippen LogP contribution in [-0.4, -0.2) is 5.91 Å². The Morgan fingerprint density at radius 1 is 0.966 bits per heavy atom. The van der Waals surface area contributed by atoms with E-state index in [1.807, 2.05) is 49.4 Å². The van der Waals surface area contributed by atoms with Gasteiger partial charge in [0.15, 0.2) is 0 Å². The second kappa shape index (κ2) is 8.02. The first-order chi connectivity index (χ1) is 14.1. The van der Waals surface area contributed by atoms with Crippen molar-refractivity contribution in [2.24, 2.45) is 0 Å². The van der Waals surface area contributed by atoms with Crippen LogP contribution < -0.4 is 15.7 Å². The van der Waals surface area contributed by atoms with Crippen LogP contribution in [0.15, 0.2) is 88.1 Å². The molecule has 3 aromatic carbocycles. The van der Waals surface area contributed by atoms with Gasteiger partial charge in [-0.25, -0.2) is 4.79 Å². The molecule has 5 heteroatoms. The maximum absolute atomic E-state index is 12.6. The molecule has 4 rings (SSSR count). The molecule has 0 saturated carbocycles. The summed E-state index contributed by atoms with van der Waals surface area (Å²) in [6, 6.07) is 23.9. The number of amides is 1. The van der Waals surface area contributed by atoms with Gasteiger partial charge in [-0.15, -0.1) is 0 Å². The molecule has 0 bridgehead atoms. The van der Waals surface area contributed by atoms with E-state index in [-0.39, 0.29) is 5.56 Å². The van der Waals surface area contributed by atoms with Crippen LogP contribution >= 0.6 is 0 Å². The van der Waals surface area contributed by atoms with Gasteiger partial charge in [0.05, 0.1) is 0 Å². The SMILES string of the molecule is Cc1ccc2oc(=O)c(C(=O)Nc3ccc(OCc4ccccc4)cc3)cc2c1. The van der Waals surface area contributed by atoms with E-state index in [1.165, 1.54) is 0 Å². The monoisotopic (exact) mass is 385 g/mol. The average molecular weight is 385 g/mol. The van der Waals surface area contributed by atoms with Gasteiger partial charge in [-0.05, 0) is 55.0 Å². The zero-order chi connectivity index (χ0) is 20.2. The molecule has 0 radical (unpaired) electrons. The Morgan fingerprint density at radius 2 is 1.72 bits per heavy atom. The van der Waals surface area contributed by atoms with Gasteiger partial charge >= 0.3 is 5.63 Å². The minimum atomic E-state index is -0.665. The molecule has 0 spiro atoms. The Morgan fingerprint density at radius 3 is 2.48 bits per heavy atom. The number of rotatable bonds is 5. The maximum atomic E-state index is 12.6. The van der Waals surface area contributed by atoms with Gasteiger partial charge in [-0.3, -0.25) is 4.79 Å². The van der Waals surface area contributed by atoms with Gasteiger partial charge in [-0.2, -0.15) is 0 Å². The highest BCUT2D eigenvalue weighted by Gasteiger charge is 2.14. The van der Waals surface area contributed by atoms with Crippen molar-refractivity contribution in [2.75, 3.05) is 5.32 Å².